The molecule has 0 atom stereocenters. The number of benzene rings is 2. The highest BCUT2D eigenvalue weighted by molar-refractivity contribution is 9.10. The van der Waals surface area contributed by atoms with Crippen LogP contribution in [0.2, 0.25) is 0 Å². The third-order valence-corrected chi connectivity index (χ3v) is 3.21. The largest absolute Gasteiger partial charge is 0.478 e. The van der Waals surface area contributed by atoms with Gasteiger partial charge in [0.15, 0.2) is 0 Å². The molecule has 0 aliphatic carbocycles. The topological polar surface area (TPSA) is 49.3 Å². The maximum Gasteiger partial charge on any atom is 0.335 e. The fourth-order valence-corrected chi connectivity index (χ4v) is 2.14. The van der Waals surface area contributed by atoms with Crippen molar-refractivity contribution in [3.05, 3.63) is 63.4 Å². The highest BCUT2D eigenvalue weighted by Gasteiger charge is 2.12. The molecule has 0 aliphatic rings. The summed E-state index contributed by atoms with van der Waals surface area (Å²) in [6.07, 6.45) is 0. The molecule has 0 aromatic heterocycles. The van der Waals surface area contributed by atoms with Gasteiger partial charge in [-0.05, 0) is 30.3 Å². The Kier molecular flexibility index (Phi) is 4.52. The molecule has 0 aliphatic heterocycles. The maximum absolute atomic E-state index is 13.6. The Labute approximate surface area is 126 Å². The zero-order valence-electron chi connectivity index (χ0n) is 10.5. The molecule has 110 valence electrons. The van der Waals surface area contributed by atoms with Crippen LogP contribution in [0.4, 0.5) is 18.9 Å². The van der Waals surface area contributed by atoms with Crippen LogP contribution >= 0.6 is 15.9 Å². The molecule has 3 nitrogen and oxygen atoms in total. The summed E-state index contributed by atoms with van der Waals surface area (Å²) >= 11 is 2.95. The van der Waals surface area contributed by atoms with Gasteiger partial charge in [0.2, 0.25) is 0 Å². The number of nitrogens with one attached hydrogen (secondary N) is 1. The van der Waals surface area contributed by atoms with E-state index in [4.69, 9.17) is 5.11 Å². The van der Waals surface area contributed by atoms with Crippen LogP contribution in [0.1, 0.15) is 15.9 Å². The molecule has 0 radical (unpaired) electrons. The summed E-state index contributed by atoms with van der Waals surface area (Å²) in [5.74, 6) is -3.55. The summed E-state index contributed by atoms with van der Waals surface area (Å²) in [7, 11) is 0. The SMILES string of the molecule is O=C(O)c1ccc(F)c(CNc2c(F)cc(Br)cc2F)c1. The van der Waals surface area contributed by atoms with Crippen molar-refractivity contribution < 1.29 is 23.1 Å². The van der Waals surface area contributed by atoms with Crippen LogP contribution in [0, 0.1) is 17.5 Å². The summed E-state index contributed by atoms with van der Waals surface area (Å²) in [5, 5.41) is 11.3. The number of anilines is 1. The smallest absolute Gasteiger partial charge is 0.335 e. The average Bonchev–Trinajstić information content (AvgIpc) is 2.39. The number of halogens is 4. The first-order valence-corrected chi connectivity index (χ1v) is 6.58. The van der Waals surface area contributed by atoms with E-state index in [1.54, 1.807) is 0 Å². The first kappa shape index (κ1) is 15.4. The first-order chi connectivity index (χ1) is 9.88. The fraction of sp³-hybridized carbons (Fsp3) is 0.0714. The molecule has 0 fully saturated rings. The first-order valence-electron chi connectivity index (χ1n) is 5.78. The van der Waals surface area contributed by atoms with Crippen LogP contribution in [-0.2, 0) is 6.54 Å². The summed E-state index contributed by atoms with van der Waals surface area (Å²) in [4.78, 5) is 10.8. The van der Waals surface area contributed by atoms with Crippen molar-refractivity contribution >= 4 is 27.6 Å². The summed E-state index contributed by atoms with van der Waals surface area (Å²) in [5.41, 5.74) is -0.514. The molecule has 7 heteroatoms. The van der Waals surface area contributed by atoms with Crippen molar-refractivity contribution in [2.24, 2.45) is 0 Å². The molecule has 2 aromatic rings. The highest BCUT2D eigenvalue weighted by atomic mass is 79.9. The van der Waals surface area contributed by atoms with Gasteiger partial charge < -0.3 is 10.4 Å². The van der Waals surface area contributed by atoms with E-state index >= 15 is 0 Å². The van der Waals surface area contributed by atoms with Gasteiger partial charge in [0, 0.05) is 16.6 Å². The van der Waals surface area contributed by atoms with Gasteiger partial charge in [0.25, 0.3) is 0 Å². The zero-order chi connectivity index (χ0) is 15.6. The minimum absolute atomic E-state index is 0.00313. The Bertz CT molecular complexity index is 684. The molecule has 0 unspecified atom stereocenters. The summed E-state index contributed by atoms with van der Waals surface area (Å²) in [6, 6.07) is 5.35. The maximum atomic E-state index is 13.6. The molecule has 0 saturated heterocycles. The third kappa shape index (κ3) is 3.55. The minimum Gasteiger partial charge on any atom is -0.478 e. The van der Waals surface area contributed by atoms with Gasteiger partial charge >= 0.3 is 5.97 Å². The van der Waals surface area contributed by atoms with E-state index in [1.165, 1.54) is 0 Å². The standard InChI is InChI=1S/C14H9BrF3NO2/c15-9-4-11(17)13(12(18)5-9)19-6-8-3-7(14(20)21)1-2-10(8)16/h1-5,19H,6H2,(H,20,21). The fourth-order valence-electron chi connectivity index (χ4n) is 1.74. The molecule has 0 spiro atoms. The molecular formula is C14H9BrF3NO2. The molecule has 0 saturated carbocycles. The van der Waals surface area contributed by atoms with Crippen LogP contribution in [-0.4, -0.2) is 11.1 Å². The Morgan fingerprint density at radius 2 is 1.71 bits per heavy atom. The zero-order valence-corrected chi connectivity index (χ0v) is 12.0. The van der Waals surface area contributed by atoms with E-state index in [2.05, 4.69) is 21.2 Å². The van der Waals surface area contributed by atoms with Crippen molar-refractivity contribution in [3.8, 4) is 0 Å². The van der Waals surface area contributed by atoms with E-state index in [-0.39, 0.29) is 22.1 Å². The van der Waals surface area contributed by atoms with Crippen molar-refractivity contribution in [2.45, 2.75) is 6.54 Å². The number of carbonyl (C=O) groups is 1. The molecule has 0 amide bonds. The summed E-state index contributed by atoms with van der Waals surface area (Å²) < 4.78 is 41.0. The van der Waals surface area contributed by atoms with Crippen LogP contribution in [0.5, 0.6) is 0 Å². The number of hydrogen-bond acceptors (Lipinski definition) is 2. The molecule has 21 heavy (non-hydrogen) atoms. The van der Waals surface area contributed by atoms with Gasteiger partial charge in [-0.2, -0.15) is 0 Å². The predicted molar refractivity (Wildman–Crippen MR) is 74.7 cm³/mol. The second kappa shape index (κ2) is 6.17. The van der Waals surface area contributed by atoms with Gasteiger partial charge in [0.1, 0.15) is 23.1 Å². The van der Waals surface area contributed by atoms with E-state index in [9.17, 15) is 18.0 Å². The molecular weight excluding hydrogens is 351 g/mol. The van der Waals surface area contributed by atoms with Gasteiger partial charge in [-0.25, -0.2) is 18.0 Å². The Balaban J connectivity index is 2.24. The van der Waals surface area contributed by atoms with Gasteiger partial charge in [-0.1, -0.05) is 15.9 Å². The van der Waals surface area contributed by atoms with Crippen LogP contribution < -0.4 is 5.32 Å². The lowest BCUT2D eigenvalue weighted by Crippen LogP contribution is -2.07. The van der Waals surface area contributed by atoms with Crippen molar-refractivity contribution in [2.75, 3.05) is 5.32 Å². The quantitative estimate of drug-likeness (QED) is 0.860. The number of rotatable bonds is 4. The van der Waals surface area contributed by atoms with E-state index in [0.29, 0.717) is 0 Å². The van der Waals surface area contributed by atoms with Crippen molar-refractivity contribution in [3.63, 3.8) is 0 Å². The van der Waals surface area contributed by atoms with E-state index in [0.717, 1.165) is 30.3 Å². The normalized spacial score (nSPS) is 10.5. The number of carboxylic acids is 1. The Morgan fingerprint density at radius 3 is 2.29 bits per heavy atom. The van der Waals surface area contributed by atoms with Gasteiger partial charge in [0.05, 0.1) is 5.56 Å². The predicted octanol–water partition coefficient (Wildman–Crippen LogP) is 4.18. The average molecular weight is 360 g/mol. The Morgan fingerprint density at radius 1 is 1.10 bits per heavy atom. The van der Waals surface area contributed by atoms with E-state index < -0.39 is 29.1 Å². The Hall–Kier alpha value is -2.02. The van der Waals surface area contributed by atoms with Crippen molar-refractivity contribution in [1.82, 2.24) is 0 Å². The molecule has 2 aromatic carbocycles. The number of carboxylic acid groups (broad SMARTS) is 1. The number of hydrogen-bond donors (Lipinski definition) is 2. The van der Waals surface area contributed by atoms with Gasteiger partial charge in [-0.15, -0.1) is 0 Å². The highest BCUT2D eigenvalue weighted by Crippen LogP contribution is 2.24. The summed E-state index contributed by atoms with van der Waals surface area (Å²) in [6.45, 7) is -0.248. The second-order valence-electron chi connectivity index (χ2n) is 4.21. The lowest BCUT2D eigenvalue weighted by atomic mass is 10.1. The molecule has 0 bridgehead atoms. The molecule has 2 rings (SSSR count). The van der Waals surface area contributed by atoms with Gasteiger partial charge in [-0.3, -0.25) is 0 Å². The monoisotopic (exact) mass is 359 g/mol. The lowest BCUT2D eigenvalue weighted by Gasteiger charge is -2.10. The van der Waals surface area contributed by atoms with Crippen LogP contribution in [0.25, 0.3) is 0 Å². The lowest BCUT2D eigenvalue weighted by molar-refractivity contribution is 0.0696. The third-order valence-electron chi connectivity index (χ3n) is 2.76. The van der Waals surface area contributed by atoms with E-state index in [1.807, 2.05) is 0 Å². The molecule has 0 heterocycles. The van der Waals surface area contributed by atoms with Crippen LogP contribution in [0.3, 0.4) is 0 Å². The number of aromatic carboxylic acids is 1. The molecule has 2 N–H and O–H groups in total. The van der Waals surface area contributed by atoms with Crippen LogP contribution in [0.15, 0.2) is 34.8 Å². The minimum atomic E-state index is -1.21. The second-order valence-corrected chi connectivity index (χ2v) is 5.13. The van der Waals surface area contributed by atoms with Crippen molar-refractivity contribution in [1.29, 1.82) is 0 Å².